The Hall–Kier alpha value is -1.36. The molecule has 1 aliphatic heterocycles. The molecule has 0 aromatic carbocycles. The van der Waals surface area contributed by atoms with Gasteiger partial charge >= 0.3 is 0 Å². The Labute approximate surface area is 88.8 Å². The maximum Gasteiger partial charge on any atom is 0.273 e. The van der Waals surface area contributed by atoms with Crippen molar-refractivity contribution < 1.29 is 4.79 Å². The summed E-state index contributed by atoms with van der Waals surface area (Å²) in [5.74, 6) is -0.0597. The van der Waals surface area contributed by atoms with Crippen molar-refractivity contribution in [1.29, 1.82) is 0 Å². The molecule has 2 rings (SSSR count). The fourth-order valence-corrected chi connectivity index (χ4v) is 1.80. The van der Waals surface area contributed by atoms with Crippen molar-refractivity contribution in [3.8, 4) is 0 Å². The van der Waals surface area contributed by atoms with Gasteiger partial charge in [0.15, 0.2) is 0 Å². The van der Waals surface area contributed by atoms with Crippen molar-refractivity contribution in [1.82, 2.24) is 20.4 Å². The molecule has 0 spiro atoms. The van der Waals surface area contributed by atoms with Crippen LogP contribution < -0.4 is 5.32 Å². The van der Waals surface area contributed by atoms with Crippen LogP contribution >= 0.6 is 0 Å². The molecule has 1 fully saturated rings. The van der Waals surface area contributed by atoms with E-state index in [1.165, 1.54) is 11.3 Å². The summed E-state index contributed by atoms with van der Waals surface area (Å²) in [5.41, 5.74) is 1.50. The molecule has 0 radical (unpaired) electrons. The second kappa shape index (κ2) is 4.02. The van der Waals surface area contributed by atoms with E-state index in [2.05, 4.69) is 15.5 Å². The quantitative estimate of drug-likeness (QED) is 0.745. The molecule has 0 unspecified atom stereocenters. The van der Waals surface area contributed by atoms with E-state index in [9.17, 15) is 4.79 Å². The second-order valence-electron chi connectivity index (χ2n) is 4.06. The summed E-state index contributed by atoms with van der Waals surface area (Å²) in [6, 6.07) is 2.17. The SMILES string of the molecule is CN(C)C(=O)c1cc([C@H]2CCCN2)[nH]n1. The Kier molecular flexibility index (Phi) is 2.73. The zero-order valence-corrected chi connectivity index (χ0v) is 9.08. The lowest BCUT2D eigenvalue weighted by Gasteiger charge is -2.07. The lowest BCUT2D eigenvalue weighted by Crippen LogP contribution is -2.21. The fraction of sp³-hybridized carbons (Fsp3) is 0.600. The number of nitrogens with zero attached hydrogens (tertiary/aromatic N) is 2. The molecule has 15 heavy (non-hydrogen) atoms. The number of aromatic amines is 1. The molecule has 1 saturated heterocycles. The van der Waals surface area contributed by atoms with E-state index in [1.54, 1.807) is 14.1 Å². The number of aromatic nitrogens is 2. The average Bonchev–Trinajstić information content (AvgIpc) is 2.86. The van der Waals surface area contributed by atoms with Crippen molar-refractivity contribution in [3.05, 3.63) is 17.5 Å². The summed E-state index contributed by atoms with van der Waals surface area (Å²) in [4.78, 5) is 13.1. The van der Waals surface area contributed by atoms with E-state index in [0.717, 1.165) is 18.7 Å². The maximum absolute atomic E-state index is 11.6. The number of carbonyl (C=O) groups excluding carboxylic acids is 1. The highest BCUT2D eigenvalue weighted by atomic mass is 16.2. The zero-order chi connectivity index (χ0) is 10.8. The molecule has 0 bridgehead atoms. The van der Waals surface area contributed by atoms with Crippen molar-refractivity contribution >= 4 is 5.91 Å². The molecule has 5 nitrogen and oxygen atoms in total. The third-order valence-corrected chi connectivity index (χ3v) is 2.66. The highest BCUT2D eigenvalue weighted by Crippen LogP contribution is 2.21. The molecule has 1 amide bonds. The van der Waals surface area contributed by atoms with Crippen LogP contribution in [0.2, 0.25) is 0 Å². The van der Waals surface area contributed by atoms with Crippen LogP contribution in [0.15, 0.2) is 6.07 Å². The summed E-state index contributed by atoms with van der Waals surface area (Å²) >= 11 is 0. The van der Waals surface area contributed by atoms with Crippen LogP contribution in [-0.4, -0.2) is 41.6 Å². The first kappa shape index (κ1) is 10.2. The van der Waals surface area contributed by atoms with Crippen LogP contribution in [0.4, 0.5) is 0 Å². The first-order valence-corrected chi connectivity index (χ1v) is 5.19. The molecule has 82 valence electrons. The summed E-state index contributed by atoms with van der Waals surface area (Å²) in [7, 11) is 3.45. The van der Waals surface area contributed by atoms with Crippen LogP contribution in [0.25, 0.3) is 0 Å². The molecule has 0 aliphatic carbocycles. The first-order chi connectivity index (χ1) is 7.18. The van der Waals surface area contributed by atoms with Crippen molar-refractivity contribution in [3.63, 3.8) is 0 Å². The summed E-state index contributed by atoms with van der Waals surface area (Å²) in [5, 5.41) is 10.3. The maximum atomic E-state index is 11.6. The van der Waals surface area contributed by atoms with E-state index in [1.807, 2.05) is 6.07 Å². The van der Waals surface area contributed by atoms with Crippen LogP contribution in [0.5, 0.6) is 0 Å². The first-order valence-electron chi connectivity index (χ1n) is 5.19. The predicted octanol–water partition coefficient (Wildman–Crippen LogP) is 0.536. The van der Waals surface area contributed by atoms with Gasteiger partial charge in [0.05, 0.1) is 5.69 Å². The topological polar surface area (TPSA) is 61.0 Å². The van der Waals surface area contributed by atoms with Gasteiger partial charge in [-0.3, -0.25) is 9.89 Å². The lowest BCUT2D eigenvalue weighted by atomic mass is 10.1. The molecule has 5 heteroatoms. The number of amides is 1. The van der Waals surface area contributed by atoms with E-state index < -0.39 is 0 Å². The smallest absolute Gasteiger partial charge is 0.273 e. The van der Waals surface area contributed by atoms with Gasteiger partial charge < -0.3 is 10.2 Å². The van der Waals surface area contributed by atoms with Gasteiger partial charge in [0, 0.05) is 20.1 Å². The molecule has 1 aromatic heterocycles. The highest BCUT2D eigenvalue weighted by Gasteiger charge is 2.20. The van der Waals surface area contributed by atoms with Crippen molar-refractivity contribution in [2.75, 3.05) is 20.6 Å². The minimum atomic E-state index is -0.0597. The molecule has 1 atom stereocenters. The van der Waals surface area contributed by atoms with Crippen molar-refractivity contribution in [2.45, 2.75) is 18.9 Å². The van der Waals surface area contributed by atoms with Gasteiger partial charge in [0.2, 0.25) is 0 Å². The molecular formula is C10H16N4O. The minimum Gasteiger partial charge on any atom is -0.343 e. The van der Waals surface area contributed by atoms with Gasteiger partial charge in [-0.15, -0.1) is 0 Å². The normalized spacial score (nSPS) is 20.5. The standard InChI is InChI=1S/C10H16N4O/c1-14(2)10(15)9-6-8(12-13-9)7-4-3-5-11-7/h6-7,11H,3-5H2,1-2H3,(H,12,13)/t7-/m1/s1. The van der Waals surface area contributed by atoms with Crippen LogP contribution in [0.3, 0.4) is 0 Å². The molecule has 1 aromatic rings. The average molecular weight is 208 g/mol. The van der Waals surface area contributed by atoms with Gasteiger partial charge in [-0.25, -0.2) is 0 Å². The zero-order valence-electron chi connectivity index (χ0n) is 9.08. The predicted molar refractivity (Wildman–Crippen MR) is 56.6 cm³/mol. The third kappa shape index (κ3) is 2.02. The molecule has 1 aliphatic rings. The van der Waals surface area contributed by atoms with Crippen molar-refractivity contribution in [2.24, 2.45) is 0 Å². The Morgan fingerprint density at radius 2 is 2.40 bits per heavy atom. The summed E-state index contributed by atoms with van der Waals surface area (Å²) in [6.45, 7) is 1.04. The number of hydrogen-bond acceptors (Lipinski definition) is 3. The number of carbonyl (C=O) groups is 1. The monoisotopic (exact) mass is 208 g/mol. The Bertz CT molecular complexity index is 352. The van der Waals surface area contributed by atoms with Crippen LogP contribution in [0.1, 0.15) is 35.1 Å². The van der Waals surface area contributed by atoms with E-state index in [0.29, 0.717) is 11.7 Å². The number of nitrogens with one attached hydrogen (secondary N) is 2. The van der Waals surface area contributed by atoms with Crippen LogP contribution in [-0.2, 0) is 0 Å². The molecule has 2 heterocycles. The summed E-state index contributed by atoms with van der Waals surface area (Å²) < 4.78 is 0. The van der Waals surface area contributed by atoms with Gasteiger partial charge in [-0.2, -0.15) is 5.10 Å². The van der Waals surface area contributed by atoms with Gasteiger partial charge in [-0.05, 0) is 25.5 Å². The number of rotatable bonds is 2. The molecule has 2 N–H and O–H groups in total. The lowest BCUT2D eigenvalue weighted by molar-refractivity contribution is 0.0822. The Morgan fingerprint density at radius 1 is 1.60 bits per heavy atom. The summed E-state index contributed by atoms with van der Waals surface area (Å²) in [6.07, 6.45) is 2.29. The number of H-pyrrole nitrogens is 1. The molecular weight excluding hydrogens is 192 g/mol. The second-order valence-corrected chi connectivity index (χ2v) is 4.06. The fourth-order valence-electron chi connectivity index (χ4n) is 1.80. The van der Waals surface area contributed by atoms with Gasteiger partial charge in [0.25, 0.3) is 5.91 Å². The largest absolute Gasteiger partial charge is 0.343 e. The van der Waals surface area contributed by atoms with E-state index >= 15 is 0 Å². The minimum absolute atomic E-state index is 0.0597. The van der Waals surface area contributed by atoms with Crippen LogP contribution in [0, 0.1) is 0 Å². The molecule has 0 saturated carbocycles. The Morgan fingerprint density at radius 3 is 3.00 bits per heavy atom. The Balaban J connectivity index is 2.12. The van der Waals surface area contributed by atoms with Gasteiger partial charge in [-0.1, -0.05) is 0 Å². The van der Waals surface area contributed by atoms with E-state index in [-0.39, 0.29) is 5.91 Å². The number of hydrogen-bond donors (Lipinski definition) is 2. The van der Waals surface area contributed by atoms with E-state index in [4.69, 9.17) is 0 Å². The van der Waals surface area contributed by atoms with Gasteiger partial charge in [0.1, 0.15) is 5.69 Å². The highest BCUT2D eigenvalue weighted by molar-refractivity contribution is 5.91. The third-order valence-electron chi connectivity index (χ3n) is 2.66.